The van der Waals surface area contributed by atoms with Gasteiger partial charge in [-0.1, -0.05) is 17.7 Å². The zero-order chi connectivity index (χ0) is 14.1. The predicted octanol–water partition coefficient (Wildman–Crippen LogP) is 3.13. The fourth-order valence-corrected chi connectivity index (χ4v) is 2.55. The number of fused-ring (bicyclic) bond motifs is 1. The van der Waals surface area contributed by atoms with Crippen LogP contribution in [0.2, 0.25) is 5.02 Å². The first-order chi connectivity index (χ1) is 9.66. The van der Waals surface area contributed by atoms with Gasteiger partial charge in [-0.25, -0.2) is 4.99 Å². The second-order valence-corrected chi connectivity index (χ2v) is 5.20. The minimum Gasteiger partial charge on any atom is -0.323 e. The summed E-state index contributed by atoms with van der Waals surface area (Å²) in [6.07, 6.45) is 3.55. The minimum absolute atomic E-state index is 0.165. The monoisotopic (exact) mass is 286 g/mol. The summed E-state index contributed by atoms with van der Waals surface area (Å²) in [6, 6.07) is 9.48. The van der Waals surface area contributed by atoms with Crippen LogP contribution in [0.15, 0.2) is 47.7 Å². The average molecular weight is 287 g/mol. The molecular formula is C15H15ClN4. The van der Waals surface area contributed by atoms with E-state index in [1.54, 1.807) is 12.4 Å². The molecule has 3 rings (SSSR count). The van der Waals surface area contributed by atoms with E-state index in [0.29, 0.717) is 6.54 Å². The highest BCUT2D eigenvalue weighted by Crippen LogP contribution is 2.34. The zero-order valence-electron chi connectivity index (χ0n) is 11.1. The zero-order valence-corrected chi connectivity index (χ0v) is 11.9. The molecule has 5 heteroatoms. The van der Waals surface area contributed by atoms with Crippen molar-refractivity contribution in [2.45, 2.75) is 19.5 Å². The molecule has 1 aromatic carbocycles. The highest BCUT2D eigenvalue weighted by atomic mass is 35.5. The molecule has 0 aliphatic carbocycles. The number of pyridine rings is 1. The molecule has 2 heterocycles. The third kappa shape index (κ3) is 2.28. The fraction of sp³-hybridized carbons (Fsp3) is 0.200. The maximum absolute atomic E-state index is 6.28. The van der Waals surface area contributed by atoms with Crippen molar-refractivity contribution in [1.82, 2.24) is 4.98 Å². The van der Waals surface area contributed by atoms with E-state index in [0.717, 1.165) is 27.8 Å². The van der Waals surface area contributed by atoms with Gasteiger partial charge in [0.05, 0.1) is 30.2 Å². The van der Waals surface area contributed by atoms with Crippen molar-refractivity contribution in [2.24, 2.45) is 10.7 Å². The van der Waals surface area contributed by atoms with Crippen LogP contribution in [0.4, 0.5) is 11.4 Å². The lowest BCUT2D eigenvalue weighted by Gasteiger charge is -2.32. The van der Waals surface area contributed by atoms with Crippen LogP contribution in [0.5, 0.6) is 0 Å². The topological polar surface area (TPSA) is 54.5 Å². The first kappa shape index (κ1) is 13.1. The summed E-state index contributed by atoms with van der Waals surface area (Å²) in [6.45, 7) is 2.58. The van der Waals surface area contributed by atoms with Crippen molar-refractivity contribution < 1.29 is 0 Å². The Kier molecular flexibility index (Phi) is 3.42. The molecule has 0 amide bonds. The molecule has 0 saturated carbocycles. The summed E-state index contributed by atoms with van der Waals surface area (Å²) in [5.41, 5.74) is 8.94. The number of amidine groups is 1. The summed E-state index contributed by atoms with van der Waals surface area (Å²) in [5, 5.41) is 0.726. The van der Waals surface area contributed by atoms with Gasteiger partial charge in [-0.3, -0.25) is 4.98 Å². The number of rotatable bonds is 2. The van der Waals surface area contributed by atoms with Gasteiger partial charge in [0.15, 0.2) is 0 Å². The maximum Gasteiger partial charge on any atom is 0.126 e. The van der Waals surface area contributed by atoms with E-state index in [1.165, 1.54) is 0 Å². The molecule has 0 fully saturated rings. The highest BCUT2D eigenvalue weighted by Gasteiger charge is 2.24. The van der Waals surface area contributed by atoms with Crippen LogP contribution in [0.25, 0.3) is 0 Å². The number of benzene rings is 1. The largest absolute Gasteiger partial charge is 0.323 e. The molecule has 0 unspecified atom stereocenters. The number of nitrogens with two attached hydrogens (primary N) is 1. The Bertz CT molecular complexity index is 652. The Labute approximate surface area is 122 Å². The molecule has 0 bridgehead atoms. The molecular weight excluding hydrogens is 272 g/mol. The molecule has 0 saturated heterocycles. The third-order valence-corrected chi connectivity index (χ3v) is 3.64. The van der Waals surface area contributed by atoms with Crippen molar-refractivity contribution >= 4 is 28.8 Å². The first-order valence-corrected chi connectivity index (χ1v) is 6.83. The van der Waals surface area contributed by atoms with Gasteiger partial charge in [-0.05, 0) is 31.2 Å². The number of hydrogen-bond donors (Lipinski definition) is 1. The molecule has 1 aromatic heterocycles. The summed E-state index contributed by atoms with van der Waals surface area (Å²) in [5.74, 6) is 0.827. The Morgan fingerprint density at radius 2 is 2.15 bits per heavy atom. The van der Waals surface area contributed by atoms with Gasteiger partial charge in [0.2, 0.25) is 0 Å². The average Bonchev–Trinajstić information content (AvgIpc) is 2.47. The Hall–Kier alpha value is -1.91. The normalized spacial score (nSPS) is 15.6. The summed E-state index contributed by atoms with van der Waals surface area (Å²) < 4.78 is 0. The minimum atomic E-state index is -0.165. The van der Waals surface area contributed by atoms with Crippen LogP contribution in [-0.2, 0) is 6.54 Å². The van der Waals surface area contributed by atoms with E-state index >= 15 is 0 Å². The molecule has 2 aromatic rings. The van der Waals surface area contributed by atoms with Gasteiger partial charge >= 0.3 is 0 Å². The van der Waals surface area contributed by atoms with Crippen molar-refractivity contribution in [3.8, 4) is 0 Å². The van der Waals surface area contributed by atoms with Crippen LogP contribution in [0, 0.1) is 0 Å². The first-order valence-electron chi connectivity index (χ1n) is 6.46. The fourth-order valence-electron chi connectivity index (χ4n) is 2.32. The third-order valence-electron chi connectivity index (χ3n) is 3.29. The van der Waals surface area contributed by atoms with Gasteiger partial charge in [0, 0.05) is 16.8 Å². The summed E-state index contributed by atoms with van der Waals surface area (Å²) in [7, 11) is 0. The Morgan fingerprint density at radius 1 is 1.30 bits per heavy atom. The van der Waals surface area contributed by atoms with E-state index in [1.807, 2.05) is 37.3 Å². The van der Waals surface area contributed by atoms with E-state index in [9.17, 15) is 0 Å². The summed E-state index contributed by atoms with van der Waals surface area (Å²) in [4.78, 5) is 10.9. The summed E-state index contributed by atoms with van der Waals surface area (Å²) >= 11 is 6.28. The van der Waals surface area contributed by atoms with Gasteiger partial charge in [-0.15, -0.1) is 0 Å². The lowest BCUT2D eigenvalue weighted by Crippen LogP contribution is -2.43. The number of aliphatic imine (C=N–C) groups is 1. The van der Waals surface area contributed by atoms with Gasteiger partial charge < -0.3 is 10.6 Å². The van der Waals surface area contributed by atoms with E-state index in [4.69, 9.17) is 17.3 Å². The van der Waals surface area contributed by atoms with Crippen LogP contribution in [-0.4, -0.2) is 16.9 Å². The molecule has 2 N–H and O–H groups in total. The lowest BCUT2D eigenvalue weighted by atomic mass is 10.1. The SMILES string of the molecule is C[C@H](N)C1=Nc2cccc(Cl)c2CN1c1cccnc1. The van der Waals surface area contributed by atoms with Crippen LogP contribution in [0.1, 0.15) is 12.5 Å². The van der Waals surface area contributed by atoms with E-state index < -0.39 is 0 Å². The Morgan fingerprint density at radius 3 is 2.85 bits per heavy atom. The lowest BCUT2D eigenvalue weighted by molar-refractivity contribution is 0.876. The molecule has 1 aliphatic heterocycles. The van der Waals surface area contributed by atoms with E-state index in [-0.39, 0.29) is 6.04 Å². The second kappa shape index (κ2) is 5.23. The van der Waals surface area contributed by atoms with Crippen molar-refractivity contribution in [3.63, 3.8) is 0 Å². The predicted molar refractivity (Wildman–Crippen MR) is 82.6 cm³/mol. The number of nitrogens with zero attached hydrogens (tertiary/aromatic N) is 3. The van der Waals surface area contributed by atoms with Crippen molar-refractivity contribution in [3.05, 3.63) is 53.3 Å². The van der Waals surface area contributed by atoms with Crippen LogP contribution in [0.3, 0.4) is 0 Å². The van der Waals surface area contributed by atoms with Crippen LogP contribution >= 0.6 is 11.6 Å². The molecule has 1 atom stereocenters. The van der Waals surface area contributed by atoms with Crippen molar-refractivity contribution in [1.29, 1.82) is 0 Å². The smallest absolute Gasteiger partial charge is 0.126 e. The number of aromatic nitrogens is 1. The molecule has 102 valence electrons. The molecule has 1 aliphatic rings. The number of anilines is 1. The van der Waals surface area contributed by atoms with Crippen molar-refractivity contribution in [2.75, 3.05) is 4.90 Å². The highest BCUT2D eigenvalue weighted by molar-refractivity contribution is 6.32. The molecule has 4 nitrogen and oxygen atoms in total. The molecule has 0 radical (unpaired) electrons. The molecule has 20 heavy (non-hydrogen) atoms. The van der Waals surface area contributed by atoms with Gasteiger partial charge in [0.1, 0.15) is 5.84 Å². The standard InChI is InChI=1S/C15H15ClN4/c1-10(17)15-19-14-6-2-5-13(16)12(14)9-20(15)11-4-3-7-18-8-11/h2-8,10H,9,17H2,1H3/t10-/m0/s1. The second-order valence-electron chi connectivity index (χ2n) is 4.79. The van der Waals surface area contributed by atoms with Crippen LogP contribution < -0.4 is 10.6 Å². The van der Waals surface area contributed by atoms with Gasteiger partial charge in [0.25, 0.3) is 0 Å². The van der Waals surface area contributed by atoms with E-state index in [2.05, 4.69) is 14.9 Å². The number of hydrogen-bond acceptors (Lipinski definition) is 4. The number of halogens is 1. The Balaban J connectivity index is 2.11. The van der Waals surface area contributed by atoms with Gasteiger partial charge in [-0.2, -0.15) is 0 Å². The molecule has 0 spiro atoms. The maximum atomic E-state index is 6.28. The quantitative estimate of drug-likeness (QED) is 0.923.